The van der Waals surface area contributed by atoms with E-state index < -0.39 is 0 Å². The van der Waals surface area contributed by atoms with Crippen LogP contribution in [0.15, 0.2) is 29.9 Å². The fraction of sp³-hybridized carbons (Fsp3) is 0.300. The van der Waals surface area contributed by atoms with Crippen molar-refractivity contribution in [2.45, 2.75) is 19.5 Å². The van der Waals surface area contributed by atoms with Crippen LogP contribution in [0.1, 0.15) is 6.92 Å². The summed E-state index contributed by atoms with van der Waals surface area (Å²) in [6.07, 6.45) is 3.57. The maximum atomic E-state index is 10.7. The molecule has 2 rings (SSSR count). The van der Waals surface area contributed by atoms with E-state index in [-0.39, 0.29) is 16.7 Å². The zero-order valence-corrected chi connectivity index (χ0v) is 10.1. The van der Waals surface area contributed by atoms with Crippen molar-refractivity contribution in [1.82, 2.24) is 9.78 Å². The van der Waals surface area contributed by atoms with Gasteiger partial charge in [0.15, 0.2) is 5.00 Å². The lowest BCUT2D eigenvalue weighted by atomic mass is 10.3. The molecule has 7 heteroatoms. The number of nitrogens with one attached hydrogen (secondary N) is 1. The smallest absolute Gasteiger partial charge is 0.303 e. The number of hydrogen-bond donors (Lipinski definition) is 1. The Morgan fingerprint density at radius 1 is 1.71 bits per heavy atom. The molecular formula is C10H12N4O2S. The van der Waals surface area contributed by atoms with Crippen molar-refractivity contribution < 1.29 is 4.92 Å². The van der Waals surface area contributed by atoms with Gasteiger partial charge in [0.1, 0.15) is 0 Å². The topological polar surface area (TPSA) is 73.0 Å². The first-order valence-electron chi connectivity index (χ1n) is 5.12. The summed E-state index contributed by atoms with van der Waals surface area (Å²) in [5.74, 6) is 0. The molecule has 6 nitrogen and oxygen atoms in total. The van der Waals surface area contributed by atoms with Crippen LogP contribution in [-0.2, 0) is 6.54 Å². The predicted molar refractivity (Wildman–Crippen MR) is 66.3 cm³/mol. The van der Waals surface area contributed by atoms with Crippen LogP contribution in [0.25, 0.3) is 0 Å². The molecule has 0 aliphatic carbocycles. The largest absolute Gasteiger partial charge is 0.367 e. The highest BCUT2D eigenvalue weighted by Gasteiger charge is 2.16. The van der Waals surface area contributed by atoms with E-state index >= 15 is 0 Å². The molecule has 0 aromatic carbocycles. The second-order valence-electron chi connectivity index (χ2n) is 3.67. The molecule has 0 bridgehead atoms. The van der Waals surface area contributed by atoms with Gasteiger partial charge in [-0.15, -0.1) is 11.3 Å². The van der Waals surface area contributed by atoms with Crippen LogP contribution in [0, 0.1) is 10.1 Å². The molecule has 0 spiro atoms. The van der Waals surface area contributed by atoms with E-state index in [4.69, 9.17) is 0 Å². The highest BCUT2D eigenvalue weighted by atomic mass is 32.1. The van der Waals surface area contributed by atoms with Crippen LogP contribution < -0.4 is 5.32 Å². The third-order valence-electron chi connectivity index (χ3n) is 2.24. The Labute approximate surface area is 102 Å². The van der Waals surface area contributed by atoms with Crippen LogP contribution in [0.5, 0.6) is 0 Å². The van der Waals surface area contributed by atoms with E-state index in [2.05, 4.69) is 10.4 Å². The van der Waals surface area contributed by atoms with E-state index in [1.165, 1.54) is 17.4 Å². The molecule has 0 fully saturated rings. The third kappa shape index (κ3) is 2.82. The van der Waals surface area contributed by atoms with Crippen molar-refractivity contribution in [1.29, 1.82) is 0 Å². The predicted octanol–water partition coefficient (Wildman–Crippen LogP) is 2.35. The molecule has 90 valence electrons. The first-order chi connectivity index (χ1) is 8.16. The Hall–Kier alpha value is -1.89. The van der Waals surface area contributed by atoms with Crippen LogP contribution in [0.4, 0.5) is 10.7 Å². The highest BCUT2D eigenvalue weighted by molar-refractivity contribution is 7.14. The van der Waals surface area contributed by atoms with Crippen molar-refractivity contribution in [2.24, 2.45) is 0 Å². The minimum atomic E-state index is -0.376. The van der Waals surface area contributed by atoms with Crippen LogP contribution in [0.2, 0.25) is 0 Å². The van der Waals surface area contributed by atoms with Gasteiger partial charge in [0.25, 0.3) is 0 Å². The number of nitro groups is 1. The molecule has 0 amide bonds. The summed E-state index contributed by atoms with van der Waals surface area (Å²) in [5.41, 5.74) is 0.127. The van der Waals surface area contributed by atoms with E-state index in [0.717, 1.165) is 0 Å². The van der Waals surface area contributed by atoms with Crippen molar-refractivity contribution in [3.63, 3.8) is 0 Å². The van der Waals surface area contributed by atoms with Gasteiger partial charge in [-0.05, 0) is 18.4 Å². The molecule has 17 heavy (non-hydrogen) atoms. The van der Waals surface area contributed by atoms with E-state index in [9.17, 15) is 10.1 Å². The first-order valence-corrected chi connectivity index (χ1v) is 6.00. The van der Waals surface area contributed by atoms with Crippen molar-refractivity contribution in [2.75, 3.05) is 5.32 Å². The Morgan fingerprint density at radius 2 is 2.53 bits per heavy atom. The van der Waals surface area contributed by atoms with E-state index in [1.807, 2.05) is 19.2 Å². The molecule has 1 N–H and O–H groups in total. The normalized spacial score (nSPS) is 12.3. The summed E-state index contributed by atoms with van der Waals surface area (Å²) >= 11 is 1.34. The zero-order valence-electron chi connectivity index (χ0n) is 9.24. The molecular weight excluding hydrogens is 240 g/mol. The molecule has 0 aliphatic rings. The van der Waals surface area contributed by atoms with Gasteiger partial charge in [0.2, 0.25) is 0 Å². The Balaban J connectivity index is 2.00. The lowest BCUT2D eigenvalue weighted by Gasteiger charge is -2.13. The summed E-state index contributed by atoms with van der Waals surface area (Å²) in [4.78, 5) is 10.4. The number of rotatable bonds is 5. The van der Waals surface area contributed by atoms with Gasteiger partial charge in [-0.3, -0.25) is 14.8 Å². The minimum absolute atomic E-state index is 0.0762. The lowest BCUT2D eigenvalue weighted by Crippen LogP contribution is -2.22. The van der Waals surface area contributed by atoms with Crippen LogP contribution >= 0.6 is 11.3 Å². The summed E-state index contributed by atoms with van der Waals surface area (Å²) in [6.45, 7) is 2.63. The quantitative estimate of drug-likeness (QED) is 0.655. The first kappa shape index (κ1) is 11.6. The SMILES string of the molecule is C[C@@H](Cn1cccn1)Nc1sccc1[N+](=O)[O-]. The molecule has 0 saturated carbocycles. The second-order valence-corrected chi connectivity index (χ2v) is 4.58. The minimum Gasteiger partial charge on any atom is -0.367 e. The van der Waals surface area contributed by atoms with Crippen molar-refractivity contribution in [3.8, 4) is 0 Å². The maximum absolute atomic E-state index is 10.7. The van der Waals surface area contributed by atoms with Gasteiger partial charge in [-0.25, -0.2) is 0 Å². The van der Waals surface area contributed by atoms with Crippen molar-refractivity contribution in [3.05, 3.63) is 40.0 Å². The standard InChI is InChI=1S/C10H12N4O2S/c1-8(7-13-5-2-4-11-13)12-10-9(14(15)16)3-6-17-10/h2-6,8,12H,7H2,1H3/t8-/m0/s1. The average molecular weight is 252 g/mol. The summed E-state index contributed by atoms with van der Waals surface area (Å²) < 4.78 is 1.79. The summed E-state index contributed by atoms with van der Waals surface area (Å²) in [7, 11) is 0. The fourth-order valence-electron chi connectivity index (χ4n) is 1.51. The molecule has 0 unspecified atom stereocenters. The number of hydrogen-bond acceptors (Lipinski definition) is 5. The highest BCUT2D eigenvalue weighted by Crippen LogP contribution is 2.30. The van der Waals surface area contributed by atoms with Gasteiger partial charge in [-0.1, -0.05) is 0 Å². The second kappa shape index (κ2) is 4.96. The maximum Gasteiger partial charge on any atom is 0.303 e. The van der Waals surface area contributed by atoms with Gasteiger partial charge in [0, 0.05) is 24.5 Å². The van der Waals surface area contributed by atoms with E-state index in [0.29, 0.717) is 11.5 Å². The van der Waals surface area contributed by atoms with Crippen LogP contribution in [-0.4, -0.2) is 20.7 Å². The summed E-state index contributed by atoms with van der Waals surface area (Å²) in [6, 6.07) is 3.43. The molecule has 2 aromatic rings. The van der Waals surface area contributed by atoms with Gasteiger partial charge >= 0.3 is 5.69 Å². The zero-order chi connectivity index (χ0) is 12.3. The number of nitrogens with zero attached hydrogens (tertiary/aromatic N) is 3. The van der Waals surface area contributed by atoms with Crippen LogP contribution in [0.3, 0.4) is 0 Å². The number of anilines is 1. The van der Waals surface area contributed by atoms with E-state index in [1.54, 1.807) is 16.3 Å². The Bertz CT molecular complexity index is 494. The average Bonchev–Trinajstić information content (AvgIpc) is 2.88. The van der Waals surface area contributed by atoms with Gasteiger partial charge in [0.05, 0.1) is 11.5 Å². The number of thiophene rings is 1. The molecule has 2 aromatic heterocycles. The molecule has 0 saturated heterocycles. The summed E-state index contributed by atoms with van der Waals surface area (Å²) in [5, 5.41) is 20.3. The molecule has 1 atom stereocenters. The lowest BCUT2D eigenvalue weighted by molar-refractivity contribution is -0.383. The van der Waals surface area contributed by atoms with Crippen molar-refractivity contribution >= 4 is 22.0 Å². The molecule has 0 radical (unpaired) electrons. The fourth-order valence-corrected chi connectivity index (χ4v) is 2.38. The number of aromatic nitrogens is 2. The molecule has 0 aliphatic heterocycles. The Kier molecular flexibility index (Phi) is 3.38. The Morgan fingerprint density at radius 3 is 3.18 bits per heavy atom. The monoisotopic (exact) mass is 252 g/mol. The van der Waals surface area contributed by atoms with Gasteiger partial charge in [-0.2, -0.15) is 5.10 Å². The van der Waals surface area contributed by atoms with Gasteiger partial charge < -0.3 is 5.32 Å². The molecule has 2 heterocycles. The third-order valence-corrected chi connectivity index (χ3v) is 3.07.